The van der Waals surface area contributed by atoms with Gasteiger partial charge in [0.15, 0.2) is 0 Å². The maximum atomic E-state index is 11.8. The normalized spacial score (nSPS) is 14.5. The maximum Gasteiger partial charge on any atom is 0.320 e. The van der Waals surface area contributed by atoms with Crippen molar-refractivity contribution in [3.63, 3.8) is 0 Å². The summed E-state index contributed by atoms with van der Waals surface area (Å²) in [7, 11) is 0. The summed E-state index contributed by atoms with van der Waals surface area (Å²) in [5, 5.41) is 13.4. The van der Waals surface area contributed by atoms with E-state index in [4.69, 9.17) is 10.8 Å². The molecule has 2 aromatic rings. The molecule has 0 bridgehead atoms. The highest BCUT2D eigenvalue weighted by molar-refractivity contribution is 6.24. The van der Waals surface area contributed by atoms with Gasteiger partial charge in [0.1, 0.15) is 6.04 Å². The number of hydrogen-bond donors (Lipinski definition) is 3. The third kappa shape index (κ3) is 1.75. The molecule has 5 nitrogen and oxygen atoms in total. The van der Waals surface area contributed by atoms with Gasteiger partial charge in [-0.05, 0) is 29.5 Å². The predicted octanol–water partition coefficient (Wildman–Crippen LogP) is 1.36. The summed E-state index contributed by atoms with van der Waals surface area (Å²) in [6.45, 7) is 0. The van der Waals surface area contributed by atoms with Crippen molar-refractivity contribution >= 4 is 28.3 Å². The van der Waals surface area contributed by atoms with Crippen LogP contribution in [0.3, 0.4) is 0 Å². The quantitative estimate of drug-likeness (QED) is 0.773. The Balaban J connectivity index is 2.16. The molecule has 19 heavy (non-hydrogen) atoms. The van der Waals surface area contributed by atoms with Crippen molar-refractivity contribution in [2.45, 2.75) is 12.5 Å². The highest BCUT2D eigenvalue weighted by Gasteiger charge is 2.23. The van der Waals surface area contributed by atoms with E-state index < -0.39 is 12.0 Å². The zero-order chi connectivity index (χ0) is 13.6. The number of carbonyl (C=O) groups is 2. The van der Waals surface area contributed by atoms with Crippen molar-refractivity contribution in [3.05, 3.63) is 41.5 Å². The fraction of sp³-hybridized carbons (Fsp3) is 0.143. The molecule has 0 spiro atoms. The highest BCUT2D eigenvalue weighted by atomic mass is 16.4. The third-order valence-corrected chi connectivity index (χ3v) is 3.38. The van der Waals surface area contributed by atoms with E-state index in [0.717, 1.165) is 22.0 Å². The number of carboxylic acids is 1. The lowest BCUT2D eigenvalue weighted by Crippen LogP contribution is -2.32. The molecule has 0 unspecified atom stereocenters. The van der Waals surface area contributed by atoms with E-state index in [1.165, 1.54) is 0 Å². The van der Waals surface area contributed by atoms with E-state index >= 15 is 0 Å². The van der Waals surface area contributed by atoms with Gasteiger partial charge in [0.25, 0.3) is 5.91 Å². The Morgan fingerprint density at radius 3 is 2.84 bits per heavy atom. The van der Waals surface area contributed by atoms with Crippen LogP contribution in [-0.2, 0) is 11.2 Å². The highest BCUT2D eigenvalue weighted by Crippen LogP contribution is 2.35. The van der Waals surface area contributed by atoms with E-state index in [2.05, 4.69) is 5.32 Å². The SMILES string of the molecule is N[C@@H](Cc1ccc2c3c(cccc13)C(=O)N2)C(=O)O. The summed E-state index contributed by atoms with van der Waals surface area (Å²) >= 11 is 0. The molecular formula is C14H12N2O3. The Kier molecular flexibility index (Phi) is 2.50. The van der Waals surface area contributed by atoms with Crippen molar-refractivity contribution in [1.29, 1.82) is 0 Å². The number of rotatable bonds is 3. The van der Waals surface area contributed by atoms with Gasteiger partial charge in [-0.2, -0.15) is 0 Å². The molecule has 1 aliphatic heterocycles. The van der Waals surface area contributed by atoms with Gasteiger partial charge in [-0.25, -0.2) is 0 Å². The number of anilines is 1. The zero-order valence-electron chi connectivity index (χ0n) is 10.0. The van der Waals surface area contributed by atoms with Crippen LogP contribution in [0, 0.1) is 0 Å². The first-order chi connectivity index (χ1) is 9.08. The van der Waals surface area contributed by atoms with Gasteiger partial charge in [0, 0.05) is 16.6 Å². The number of hydrogen-bond acceptors (Lipinski definition) is 3. The number of nitrogens with one attached hydrogen (secondary N) is 1. The minimum absolute atomic E-state index is 0.125. The summed E-state index contributed by atoms with van der Waals surface area (Å²) in [6.07, 6.45) is 0.240. The zero-order valence-corrected chi connectivity index (χ0v) is 10.0. The second-order valence-electron chi connectivity index (χ2n) is 4.60. The van der Waals surface area contributed by atoms with Crippen LogP contribution in [0.2, 0.25) is 0 Å². The molecule has 0 saturated carbocycles. The number of nitrogens with two attached hydrogens (primary N) is 1. The van der Waals surface area contributed by atoms with E-state index in [1.54, 1.807) is 18.2 Å². The van der Waals surface area contributed by atoms with Crippen molar-refractivity contribution in [3.8, 4) is 0 Å². The van der Waals surface area contributed by atoms with Crippen LogP contribution in [0.15, 0.2) is 30.3 Å². The minimum Gasteiger partial charge on any atom is -0.480 e. The molecule has 1 aliphatic rings. The number of carboxylic acid groups (broad SMARTS) is 1. The fourth-order valence-corrected chi connectivity index (χ4v) is 2.45. The number of carbonyl (C=O) groups excluding carboxylic acids is 1. The van der Waals surface area contributed by atoms with E-state index in [0.29, 0.717) is 5.56 Å². The molecule has 4 N–H and O–H groups in total. The largest absolute Gasteiger partial charge is 0.480 e. The van der Waals surface area contributed by atoms with Gasteiger partial charge in [0.05, 0.1) is 0 Å². The topological polar surface area (TPSA) is 92.4 Å². The minimum atomic E-state index is -1.03. The molecule has 0 fully saturated rings. The molecule has 1 atom stereocenters. The van der Waals surface area contributed by atoms with Crippen LogP contribution < -0.4 is 11.1 Å². The summed E-state index contributed by atoms with van der Waals surface area (Å²) in [4.78, 5) is 22.6. The maximum absolute atomic E-state index is 11.8. The van der Waals surface area contributed by atoms with E-state index in [-0.39, 0.29) is 12.3 Å². The Bertz CT molecular complexity index is 709. The van der Waals surface area contributed by atoms with Crippen LogP contribution in [0.1, 0.15) is 15.9 Å². The van der Waals surface area contributed by atoms with Crippen molar-refractivity contribution in [2.24, 2.45) is 5.73 Å². The lowest BCUT2D eigenvalue weighted by molar-refractivity contribution is -0.138. The summed E-state index contributed by atoms with van der Waals surface area (Å²) < 4.78 is 0. The van der Waals surface area contributed by atoms with Crippen molar-refractivity contribution in [1.82, 2.24) is 0 Å². The number of benzene rings is 2. The van der Waals surface area contributed by atoms with E-state index in [1.807, 2.05) is 12.1 Å². The first-order valence-corrected chi connectivity index (χ1v) is 5.92. The molecule has 0 radical (unpaired) electrons. The van der Waals surface area contributed by atoms with Crippen LogP contribution in [0.4, 0.5) is 5.69 Å². The number of aliphatic carboxylic acids is 1. The lowest BCUT2D eigenvalue weighted by Gasteiger charge is -2.10. The summed E-state index contributed by atoms with van der Waals surface area (Å²) in [6, 6.07) is 8.10. The Morgan fingerprint density at radius 1 is 1.32 bits per heavy atom. The van der Waals surface area contributed by atoms with Gasteiger partial charge in [0.2, 0.25) is 0 Å². The third-order valence-electron chi connectivity index (χ3n) is 3.38. The molecule has 1 amide bonds. The molecule has 0 aromatic heterocycles. The van der Waals surface area contributed by atoms with Crippen LogP contribution in [0.25, 0.3) is 10.8 Å². The van der Waals surface area contributed by atoms with Gasteiger partial charge in [-0.1, -0.05) is 18.2 Å². The van der Waals surface area contributed by atoms with Crippen LogP contribution >= 0.6 is 0 Å². The van der Waals surface area contributed by atoms with Crippen LogP contribution in [-0.4, -0.2) is 23.0 Å². The fourth-order valence-electron chi connectivity index (χ4n) is 2.45. The Labute approximate surface area is 109 Å². The molecule has 96 valence electrons. The Hall–Kier alpha value is -2.40. The smallest absolute Gasteiger partial charge is 0.320 e. The van der Waals surface area contributed by atoms with Gasteiger partial charge < -0.3 is 16.2 Å². The average Bonchev–Trinajstić information content (AvgIpc) is 2.71. The molecule has 1 heterocycles. The predicted molar refractivity (Wildman–Crippen MR) is 71.2 cm³/mol. The lowest BCUT2D eigenvalue weighted by atomic mass is 9.96. The second-order valence-corrected chi connectivity index (χ2v) is 4.60. The average molecular weight is 256 g/mol. The summed E-state index contributed by atoms with van der Waals surface area (Å²) in [5.74, 6) is -1.15. The Morgan fingerprint density at radius 2 is 2.11 bits per heavy atom. The molecule has 2 aromatic carbocycles. The first-order valence-electron chi connectivity index (χ1n) is 5.92. The molecule has 0 saturated heterocycles. The van der Waals surface area contributed by atoms with Crippen molar-refractivity contribution < 1.29 is 14.7 Å². The van der Waals surface area contributed by atoms with Gasteiger partial charge >= 0.3 is 5.97 Å². The molecule has 3 rings (SSSR count). The molecular weight excluding hydrogens is 244 g/mol. The summed E-state index contributed by atoms with van der Waals surface area (Å²) in [5.41, 5.74) is 7.81. The molecule has 0 aliphatic carbocycles. The van der Waals surface area contributed by atoms with Gasteiger partial charge in [-0.3, -0.25) is 9.59 Å². The monoisotopic (exact) mass is 256 g/mol. The molecule has 5 heteroatoms. The number of amides is 1. The van der Waals surface area contributed by atoms with Crippen molar-refractivity contribution in [2.75, 3.05) is 5.32 Å². The standard InChI is InChI=1S/C14H12N2O3/c15-10(14(18)19)6-7-4-5-11-12-8(7)2-1-3-9(12)13(17)16-11/h1-5,10H,6,15H2,(H,16,17)(H,18,19)/t10-/m0/s1. The van der Waals surface area contributed by atoms with E-state index in [9.17, 15) is 9.59 Å². The first kappa shape index (κ1) is 11.7. The van der Waals surface area contributed by atoms with Gasteiger partial charge in [-0.15, -0.1) is 0 Å². The second kappa shape index (κ2) is 4.07. The van der Waals surface area contributed by atoms with Crippen LogP contribution in [0.5, 0.6) is 0 Å².